The van der Waals surface area contributed by atoms with E-state index in [4.69, 9.17) is 5.79 Å². The van der Waals surface area contributed by atoms with Crippen molar-refractivity contribution >= 4 is 21.9 Å². The molecule has 4 rings (SSSR count). The minimum absolute atomic E-state index is 0.497. The maximum Gasteiger partial charge on any atom is 0.143 e. The molecule has 0 amide bonds. The average molecular weight is 246 g/mol. The molecular formula is C17H11NO. The van der Waals surface area contributed by atoms with Crippen LogP contribution in [0.25, 0.3) is 33.1 Å². The van der Waals surface area contributed by atoms with Gasteiger partial charge in [-0.05, 0) is 11.6 Å². The fourth-order valence-electron chi connectivity index (χ4n) is 2.43. The van der Waals surface area contributed by atoms with Crippen LogP contribution in [0.2, 0.25) is 0 Å². The topological polar surface area (TPSA) is 26.0 Å². The summed E-state index contributed by atoms with van der Waals surface area (Å²) in [5.41, 5.74) is 3.69. The lowest BCUT2D eigenvalue weighted by molar-refractivity contribution is 0.669. The molecule has 0 aliphatic heterocycles. The van der Waals surface area contributed by atoms with Crippen molar-refractivity contribution in [3.05, 3.63) is 67.0 Å². The van der Waals surface area contributed by atoms with Crippen molar-refractivity contribution in [2.75, 3.05) is 0 Å². The summed E-state index contributed by atoms with van der Waals surface area (Å²) in [6.45, 7) is 0. The average Bonchev–Trinajstić information content (AvgIpc) is 2.86. The standard InChI is InChI=1S/C17H11NO/c1-2-5-12(6-3-1)13-7-4-8-14-15-11-18-10-9-16(15)19-17(13)14/h1-11H/i2D. The van der Waals surface area contributed by atoms with Gasteiger partial charge >= 0.3 is 0 Å². The fraction of sp³-hybridized carbons (Fsp3) is 0. The van der Waals surface area contributed by atoms with Crippen LogP contribution in [-0.4, -0.2) is 4.98 Å². The molecule has 0 aliphatic rings. The van der Waals surface area contributed by atoms with E-state index < -0.39 is 0 Å². The lowest BCUT2D eigenvalue weighted by Gasteiger charge is -2.01. The smallest absolute Gasteiger partial charge is 0.143 e. The normalized spacial score (nSPS) is 11.9. The summed E-state index contributed by atoms with van der Waals surface area (Å²) in [7, 11) is 0. The van der Waals surface area contributed by atoms with E-state index in [0.717, 1.165) is 33.1 Å². The van der Waals surface area contributed by atoms with Crippen LogP contribution in [-0.2, 0) is 0 Å². The van der Waals surface area contributed by atoms with Gasteiger partial charge in [0.2, 0.25) is 0 Å². The lowest BCUT2D eigenvalue weighted by Crippen LogP contribution is -1.77. The quantitative estimate of drug-likeness (QED) is 0.488. The number of para-hydroxylation sites is 1. The Morgan fingerprint density at radius 2 is 1.95 bits per heavy atom. The minimum atomic E-state index is 0.497. The van der Waals surface area contributed by atoms with Crippen molar-refractivity contribution in [2.45, 2.75) is 0 Å². The first-order chi connectivity index (χ1) is 9.83. The number of nitrogens with zero attached hydrogens (tertiary/aromatic N) is 1. The molecular weight excluding hydrogens is 234 g/mol. The van der Waals surface area contributed by atoms with Crippen molar-refractivity contribution in [3.63, 3.8) is 0 Å². The van der Waals surface area contributed by atoms with E-state index in [1.165, 1.54) is 0 Å². The predicted octanol–water partition coefficient (Wildman–Crippen LogP) is 4.65. The van der Waals surface area contributed by atoms with Crippen molar-refractivity contribution in [2.24, 2.45) is 0 Å². The maximum absolute atomic E-state index is 7.76. The molecule has 2 nitrogen and oxygen atoms in total. The Balaban J connectivity index is 2.10. The second-order valence-electron chi connectivity index (χ2n) is 4.45. The summed E-state index contributed by atoms with van der Waals surface area (Å²) in [5, 5.41) is 2.08. The Morgan fingerprint density at radius 1 is 0.947 bits per heavy atom. The van der Waals surface area contributed by atoms with Crippen molar-refractivity contribution in [3.8, 4) is 11.1 Å². The molecule has 2 heteroatoms. The van der Waals surface area contributed by atoms with Crippen LogP contribution >= 0.6 is 0 Å². The van der Waals surface area contributed by atoms with Gasteiger partial charge in [-0.25, -0.2) is 0 Å². The fourth-order valence-corrected chi connectivity index (χ4v) is 2.43. The van der Waals surface area contributed by atoms with Gasteiger partial charge in [0.15, 0.2) is 0 Å². The second kappa shape index (κ2) is 3.95. The van der Waals surface area contributed by atoms with E-state index in [1.54, 1.807) is 12.3 Å². The molecule has 0 bridgehead atoms. The molecule has 4 aromatic rings. The van der Waals surface area contributed by atoms with Gasteiger partial charge in [-0.3, -0.25) is 4.98 Å². The Hall–Kier alpha value is -2.61. The summed E-state index contributed by atoms with van der Waals surface area (Å²) in [6.07, 6.45) is 3.56. The number of pyridine rings is 1. The van der Waals surface area contributed by atoms with Crippen LogP contribution in [0.5, 0.6) is 0 Å². The molecule has 0 unspecified atom stereocenters. The molecule has 0 saturated carbocycles. The Kier molecular flexibility index (Phi) is 1.94. The highest BCUT2D eigenvalue weighted by Gasteiger charge is 2.11. The Bertz CT molecular complexity index is 926. The molecule has 0 saturated heterocycles. The zero-order chi connectivity index (χ0) is 13.5. The lowest BCUT2D eigenvalue weighted by atomic mass is 10.0. The molecule has 2 aromatic heterocycles. The van der Waals surface area contributed by atoms with Gasteiger partial charge in [-0.2, -0.15) is 0 Å². The van der Waals surface area contributed by atoms with Crippen molar-refractivity contribution in [1.82, 2.24) is 4.98 Å². The van der Waals surface area contributed by atoms with Gasteiger partial charge in [0.1, 0.15) is 11.2 Å². The van der Waals surface area contributed by atoms with E-state index in [-0.39, 0.29) is 0 Å². The molecule has 19 heavy (non-hydrogen) atoms. The SMILES string of the molecule is [2H]c1cccc(-c2cccc3c2oc2ccncc23)c1. The number of benzene rings is 2. The van der Waals surface area contributed by atoms with E-state index in [0.29, 0.717) is 6.04 Å². The van der Waals surface area contributed by atoms with Crippen LogP contribution < -0.4 is 0 Å². The second-order valence-corrected chi connectivity index (χ2v) is 4.45. The molecule has 2 heterocycles. The van der Waals surface area contributed by atoms with Gasteiger partial charge in [0.05, 0.1) is 1.37 Å². The van der Waals surface area contributed by atoms with Crippen LogP contribution in [0.1, 0.15) is 1.37 Å². The van der Waals surface area contributed by atoms with Gasteiger partial charge in [-0.1, -0.05) is 48.5 Å². The van der Waals surface area contributed by atoms with Crippen LogP contribution in [0.15, 0.2) is 71.4 Å². The summed E-state index contributed by atoms with van der Waals surface area (Å²) in [5.74, 6) is 0. The number of furan rings is 1. The molecule has 0 spiro atoms. The van der Waals surface area contributed by atoms with E-state index in [2.05, 4.69) is 4.98 Å². The van der Waals surface area contributed by atoms with Crippen LogP contribution in [0.3, 0.4) is 0 Å². The maximum atomic E-state index is 7.76. The minimum Gasteiger partial charge on any atom is -0.455 e. The highest BCUT2D eigenvalue weighted by atomic mass is 16.3. The number of hydrogen-bond donors (Lipinski definition) is 0. The molecule has 0 aliphatic carbocycles. The zero-order valence-electron chi connectivity index (χ0n) is 11.1. The summed E-state index contributed by atoms with van der Waals surface area (Å²) < 4.78 is 13.7. The Morgan fingerprint density at radius 3 is 2.89 bits per heavy atom. The zero-order valence-corrected chi connectivity index (χ0v) is 10.1. The van der Waals surface area contributed by atoms with Gasteiger partial charge < -0.3 is 4.42 Å². The van der Waals surface area contributed by atoms with Gasteiger partial charge in [0.25, 0.3) is 0 Å². The number of hydrogen-bond acceptors (Lipinski definition) is 2. The third-order valence-electron chi connectivity index (χ3n) is 3.32. The van der Waals surface area contributed by atoms with Gasteiger partial charge in [0, 0.05) is 28.7 Å². The van der Waals surface area contributed by atoms with E-state index >= 15 is 0 Å². The van der Waals surface area contributed by atoms with E-state index in [1.807, 2.05) is 48.7 Å². The van der Waals surface area contributed by atoms with Crippen molar-refractivity contribution in [1.29, 1.82) is 0 Å². The number of aromatic nitrogens is 1. The van der Waals surface area contributed by atoms with Gasteiger partial charge in [-0.15, -0.1) is 0 Å². The summed E-state index contributed by atoms with van der Waals surface area (Å²) in [4.78, 5) is 4.16. The predicted molar refractivity (Wildman–Crippen MR) is 77.0 cm³/mol. The largest absolute Gasteiger partial charge is 0.455 e. The summed E-state index contributed by atoms with van der Waals surface area (Å²) in [6, 6.07) is 15.9. The number of rotatable bonds is 1. The molecule has 0 N–H and O–H groups in total. The summed E-state index contributed by atoms with van der Waals surface area (Å²) >= 11 is 0. The number of fused-ring (bicyclic) bond motifs is 3. The molecule has 0 atom stereocenters. The van der Waals surface area contributed by atoms with Crippen molar-refractivity contribution < 1.29 is 5.79 Å². The highest BCUT2D eigenvalue weighted by Crippen LogP contribution is 2.34. The third kappa shape index (κ3) is 1.54. The first-order valence-electron chi connectivity index (χ1n) is 6.65. The Labute approximate surface area is 111 Å². The molecule has 2 aromatic carbocycles. The third-order valence-corrected chi connectivity index (χ3v) is 3.32. The molecule has 0 fully saturated rings. The highest BCUT2D eigenvalue weighted by molar-refractivity contribution is 6.09. The first kappa shape index (κ1) is 9.34. The van der Waals surface area contributed by atoms with E-state index in [9.17, 15) is 0 Å². The monoisotopic (exact) mass is 246 g/mol. The van der Waals surface area contributed by atoms with Crippen LogP contribution in [0, 0.1) is 0 Å². The van der Waals surface area contributed by atoms with Crippen LogP contribution in [0.4, 0.5) is 0 Å². The molecule has 0 radical (unpaired) electrons. The first-order valence-corrected chi connectivity index (χ1v) is 6.15. The molecule has 90 valence electrons.